The van der Waals surface area contributed by atoms with E-state index in [9.17, 15) is 18.3 Å². The highest BCUT2D eigenvalue weighted by Gasteiger charge is 2.53. The fraction of sp³-hybridized carbons (Fsp3) is 0.594. The molecule has 1 amide bonds. The van der Waals surface area contributed by atoms with Gasteiger partial charge in [-0.15, -0.1) is 0 Å². The maximum atomic E-state index is 13.7. The van der Waals surface area contributed by atoms with Gasteiger partial charge in [-0.1, -0.05) is 44.2 Å². The van der Waals surface area contributed by atoms with E-state index in [0.717, 1.165) is 31.2 Å². The lowest BCUT2D eigenvalue weighted by atomic mass is 9.77. The number of nitrogens with zero attached hydrogens (tertiary/aromatic N) is 1. The standard InChI is InChI=1S/C32H44N2O8S/c1-21(2)19-34(43(37,38)24-14-12-23(39-3)13-15-24)20-27(35)26(18-22-8-5-4-6-9-22)33-32(36)42-29-11-7-10-28-30(29)25-16-17-40-31(25)41-28/h4-6,8-9,12-15,21,25-31,35H,7,10-11,16-20H2,1-3H3,(H,33,36)/t25-,26+,27-,28-,29+,30-,31+/m1/s1. The van der Waals surface area contributed by atoms with Crippen LogP contribution in [0.2, 0.25) is 0 Å². The monoisotopic (exact) mass is 616 g/mol. The van der Waals surface area contributed by atoms with E-state index < -0.39 is 28.3 Å². The second kappa shape index (κ2) is 13.9. The Morgan fingerprint density at radius 3 is 2.51 bits per heavy atom. The zero-order chi connectivity index (χ0) is 30.6. The van der Waals surface area contributed by atoms with E-state index in [-0.39, 0.29) is 54.2 Å². The number of rotatable bonds is 12. The summed E-state index contributed by atoms with van der Waals surface area (Å²) >= 11 is 0. The van der Waals surface area contributed by atoms with Crippen LogP contribution in [0.3, 0.4) is 0 Å². The molecule has 0 bridgehead atoms. The van der Waals surface area contributed by atoms with Crippen molar-refractivity contribution in [1.29, 1.82) is 0 Å². The molecule has 2 aliphatic heterocycles. The minimum Gasteiger partial charge on any atom is -0.497 e. The topological polar surface area (TPSA) is 124 Å². The molecule has 2 N–H and O–H groups in total. The first-order valence-corrected chi connectivity index (χ1v) is 16.7. The third-order valence-corrected chi connectivity index (χ3v) is 10.5. The number of benzene rings is 2. The largest absolute Gasteiger partial charge is 0.497 e. The number of amides is 1. The fourth-order valence-corrected chi connectivity index (χ4v) is 8.26. The van der Waals surface area contributed by atoms with Crippen LogP contribution in [0, 0.1) is 17.8 Å². The van der Waals surface area contributed by atoms with Gasteiger partial charge >= 0.3 is 6.09 Å². The summed E-state index contributed by atoms with van der Waals surface area (Å²) in [6.45, 7) is 4.49. The summed E-state index contributed by atoms with van der Waals surface area (Å²) in [5.41, 5.74) is 0.896. The molecule has 0 spiro atoms. The smallest absolute Gasteiger partial charge is 0.407 e. The average Bonchev–Trinajstić information content (AvgIpc) is 3.59. The molecule has 11 heteroatoms. The number of aliphatic hydroxyl groups excluding tert-OH is 1. The number of fused-ring (bicyclic) bond motifs is 3. The van der Waals surface area contributed by atoms with Gasteiger partial charge in [-0.05, 0) is 67.9 Å². The number of ether oxygens (including phenoxy) is 4. The van der Waals surface area contributed by atoms with Gasteiger partial charge in [-0.25, -0.2) is 13.2 Å². The molecule has 2 aromatic carbocycles. The van der Waals surface area contributed by atoms with Gasteiger partial charge in [0.05, 0.1) is 36.9 Å². The third-order valence-electron chi connectivity index (χ3n) is 8.70. The first-order chi connectivity index (χ1) is 20.7. The lowest BCUT2D eigenvalue weighted by molar-refractivity contribution is -0.125. The maximum absolute atomic E-state index is 13.7. The molecule has 2 saturated heterocycles. The molecule has 0 unspecified atom stereocenters. The lowest BCUT2D eigenvalue weighted by Crippen LogP contribution is -2.52. The van der Waals surface area contributed by atoms with E-state index >= 15 is 0 Å². The van der Waals surface area contributed by atoms with E-state index in [1.165, 1.54) is 23.5 Å². The van der Waals surface area contributed by atoms with Crippen molar-refractivity contribution in [1.82, 2.24) is 9.62 Å². The van der Waals surface area contributed by atoms with Crippen LogP contribution < -0.4 is 10.1 Å². The van der Waals surface area contributed by atoms with Crippen molar-refractivity contribution in [3.05, 3.63) is 60.2 Å². The fourth-order valence-electron chi connectivity index (χ4n) is 6.64. The molecule has 0 aromatic heterocycles. The van der Waals surface area contributed by atoms with Gasteiger partial charge in [-0.3, -0.25) is 0 Å². The van der Waals surface area contributed by atoms with Crippen molar-refractivity contribution in [2.45, 2.75) is 81.5 Å². The summed E-state index contributed by atoms with van der Waals surface area (Å²) in [6.07, 6.45) is 1.39. The molecule has 2 heterocycles. The molecular formula is C32H44N2O8S. The van der Waals surface area contributed by atoms with Gasteiger partial charge < -0.3 is 29.4 Å². The molecule has 5 rings (SSSR count). The van der Waals surface area contributed by atoms with Gasteiger partial charge in [-0.2, -0.15) is 4.31 Å². The van der Waals surface area contributed by atoms with Crippen LogP contribution in [-0.4, -0.2) is 81.4 Å². The van der Waals surface area contributed by atoms with Gasteiger partial charge in [0.1, 0.15) is 11.9 Å². The number of sulfonamides is 1. The molecular weight excluding hydrogens is 572 g/mol. The first kappa shape index (κ1) is 31.7. The number of alkyl carbamates (subject to hydrolysis) is 1. The second-order valence-corrected chi connectivity index (χ2v) is 14.2. The van der Waals surface area contributed by atoms with Crippen molar-refractivity contribution in [3.63, 3.8) is 0 Å². The highest BCUT2D eigenvalue weighted by atomic mass is 32.2. The summed E-state index contributed by atoms with van der Waals surface area (Å²) < 4.78 is 51.8. The molecule has 3 aliphatic rings. The van der Waals surface area contributed by atoms with Crippen LogP contribution in [-0.2, 0) is 30.7 Å². The Labute approximate surface area is 254 Å². The number of aliphatic hydroxyl groups is 1. The van der Waals surface area contributed by atoms with Gasteiger partial charge in [0, 0.05) is 24.9 Å². The highest BCUT2D eigenvalue weighted by Crippen LogP contribution is 2.47. The number of carbonyl (C=O) groups is 1. The minimum atomic E-state index is -3.94. The quantitative estimate of drug-likeness (QED) is 0.367. The van der Waals surface area contributed by atoms with Crippen LogP contribution >= 0.6 is 0 Å². The van der Waals surface area contributed by atoms with Crippen molar-refractivity contribution in [2.24, 2.45) is 17.8 Å². The van der Waals surface area contributed by atoms with Crippen LogP contribution in [0.15, 0.2) is 59.5 Å². The van der Waals surface area contributed by atoms with Crippen LogP contribution in [0.25, 0.3) is 0 Å². The predicted octanol–water partition coefficient (Wildman–Crippen LogP) is 3.97. The number of nitrogens with one attached hydrogen (secondary N) is 1. The average molecular weight is 617 g/mol. The van der Waals surface area contributed by atoms with E-state index in [1.54, 1.807) is 12.1 Å². The highest BCUT2D eigenvalue weighted by molar-refractivity contribution is 7.89. The van der Waals surface area contributed by atoms with Crippen molar-refractivity contribution < 1.29 is 37.3 Å². The van der Waals surface area contributed by atoms with Crippen molar-refractivity contribution >= 4 is 16.1 Å². The van der Waals surface area contributed by atoms with E-state index in [4.69, 9.17) is 18.9 Å². The van der Waals surface area contributed by atoms with Gasteiger partial charge in [0.15, 0.2) is 6.29 Å². The number of hydrogen-bond acceptors (Lipinski definition) is 8. The predicted molar refractivity (Wildman–Crippen MR) is 160 cm³/mol. The van der Waals surface area contributed by atoms with Crippen LogP contribution in [0.4, 0.5) is 4.79 Å². The molecule has 7 atom stereocenters. The number of methoxy groups -OCH3 is 1. The molecule has 3 fully saturated rings. The van der Waals surface area contributed by atoms with Gasteiger partial charge in [0.25, 0.3) is 0 Å². The Morgan fingerprint density at radius 2 is 1.81 bits per heavy atom. The Hall–Kier alpha value is -2.70. The van der Waals surface area contributed by atoms with Crippen molar-refractivity contribution in [3.8, 4) is 5.75 Å². The third kappa shape index (κ3) is 7.51. The van der Waals surface area contributed by atoms with Crippen LogP contribution in [0.1, 0.15) is 45.1 Å². The number of carbonyl (C=O) groups excluding carboxylic acids is 1. The van der Waals surface area contributed by atoms with Gasteiger partial charge in [0.2, 0.25) is 10.0 Å². The zero-order valence-corrected chi connectivity index (χ0v) is 25.9. The number of hydrogen-bond donors (Lipinski definition) is 2. The maximum Gasteiger partial charge on any atom is 0.407 e. The SMILES string of the molecule is COc1ccc(S(=O)(=O)N(CC(C)C)C[C@@H](O)[C@H](Cc2ccccc2)NC(=O)O[C@H]2CCC[C@H]3O[C@@H]4OCC[C@@H]4[C@@H]23)cc1. The Kier molecular flexibility index (Phi) is 10.3. The van der Waals surface area contributed by atoms with Crippen LogP contribution in [0.5, 0.6) is 5.75 Å². The minimum absolute atomic E-state index is 0.00184. The molecule has 10 nitrogen and oxygen atoms in total. The second-order valence-electron chi connectivity index (χ2n) is 12.2. The zero-order valence-electron chi connectivity index (χ0n) is 25.1. The summed E-state index contributed by atoms with van der Waals surface area (Å²) in [6, 6.07) is 14.9. The molecule has 1 saturated carbocycles. The van der Waals surface area contributed by atoms with E-state index in [2.05, 4.69) is 5.32 Å². The van der Waals surface area contributed by atoms with Crippen molar-refractivity contribution in [2.75, 3.05) is 26.8 Å². The molecule has 2 aromatic rings. The molecule has 43 heavy (non-hydrogen) atoms. The molecule has 236 valence electrons. The Bertz CT molecular complexity index is 1310. The summed E-state index contributed by atoms with van der Waals surface area (Å²) in [4.78, 5) is 13.5. The van der Waals surface area contributed by atoms with E-state index in [0.29, 0.717) is 18.8 Å². The normalized spacial score (nSPS) is 26.5. The molecule has 1 aliphatic carbocycles. The lowest BCUT2D eigenvalue weighted by Gasteiger charge is -2.35. The van der Waals surface area contributed by atoms with E-state index in [1.807, 2.05) is 44.2 Å². The summed E-state index contributed by atoms with van der Waals surface area (Å²) in [5, 5.41) is 14.4. The summed E-state index contributed by atoms with van der Waals surface area (Å²) in [7, 11) is -2.43. The molecule has 0 radical (unpaired) electrons. The first-order valence-electron chi connectivity index (χ1n) is 15.3. The Balaban J connectivity index is 1.32. The summed E-state index contributed by atoms with van der Waals surface area (Å²) in [5.74, 6) is 0.841. The Morgan fingerprint density at radius 1 is 1.07 bits per heavy atom.